The number of rotatable bonds is 5. The molecule has 1 rings (SSSR count). The molecule has 0 bridgehead atoms. The minimum Gasteiger partial charge on any atom is -0.447 e. The Morgan fingerprint density at radius 1 is 1.33 bits per heavy atom. The van der Waals surface area contributed by atoms with Gasteiger partial charge in [0.05, 0.1) is 13.2 Å². The summed E-state index contributed by atoms with van der Waals surface area (Å²) < 4.78 is 4.66. The van der Waals surface area contributed by atoms with Crippen LogP contribution in [0.2, 0.25) is 0 Å². The van der Waals surface area contributed by atoms with E-state index in [0.717, 1.165) is 25.7 Å². The predicted molar refractivity (Wildman–Crippen MR) is 54.4 cm³/mol. The Hall–Kier alpha value is -0.810. The molecule has 0 radical (unpaired) electrons. The third kappa shape index (κ3) is 3.68. The molecule has 0 aliphatic heterocycles. The van der Waals surface area contributed by atoms with Crippen LogP contribution in [-0.4, -0.2) is 42.7 Å². The summed E-state index contributed by atoms with van der Waals surface area (Å²) in [7, 11) is 0. The zero-order chi connectivity index (χ0) is 11.1. The summed E-state index contributed by atoms with van der Waals surface area (Å²) in [5, 5.41) is 20.3. The molecule has 0 saturated heterocycles. The second kappa shape index (κ2) is 5.92. The molecule has 1 amide bonds. The second-order valence-electron chi connectivity index (χ2n) is 4.08. The molecule has 0 aromatic rings. The maximum Gasteiger partial charge on any atom is 0.407 e. The van der Waals surface area contributed by atoms with Gasteiger partial charge in [0.1, 0.15) is 6.61 Å². The number of aliphatic hydroxyl groups is 2. The molecule has 1 saturated carbocycles. The van der Waals surface area contributed by atoms with Gasteiger partial charge in [-0.25, -0.2) is 4.79 Å². The van der Waals surface area contributed by atoms with Gasteiger partial charge in [-0.1, -0.05) is 12.8 Å². The minimum absolute atomic E-state index is 0.0119. The summed E-state index contributed by atoms with van der Waals surface area (Å²) in [6, 6.07) is 0. The smallest absolute Gasteiger partial charge is 0.407 e. The summed E-state index contributed by atoms with van der Waals surface area (Å²) >= 11 is 0. The van der Waals surface area contributed by atoms with Crippen molar-refractivity contribution in [3.8, 4) is 0 Å². The van der Waals surface area contributed by atoms with Crippen molar-refractivity contribution in [2.45, 2.75) is 25.7 Å². The van der Waals surface area contributed by atoms with Crippen molar-refractivity contribution in [1.29, 1.82) is 0 Å². The predicted octanol–water partition coefficient (Wildman–Crippen LogP) is 0.258. The monoisotopic (exact) mass is 217 g/mol. The van der Waals surface area contributed by atoms with Crippen LogP contribution in [0.25, 0.3) is 0 Å². The van der Waals surface area contributed by atoms with Crippen molar-refractivity contribution >= 4 is 6.09 Å². The number of nitrogens with one attached hydrogen (secondary N) is 1. The van der Waals surface area contributed by atoms with E-state index in [9.17, 15) is 9.90 Å². The quantitative estimate of drug-likeness (QED) is 0.617. The highest BCUT2D eigenvalue weighted by Crippen LogP contribution is 2.36. The molecule has 0 unspecified atom stereocenters. The van der Waals surface area contributed by atoms with E-state index in [4.69, 9.17) is 5.11 Å². The summed E-state index contributed by atoms with van der Waals surface area (Å²) in [5.41, 5.74) is -0.155. The Bertz CT molecular complexity index is 202. The number of hydrogen-bond donors (Lipinski definition) is 3. The number of carbonyl (C=O) groups excluding carboxylic acids is 1. The Morgan fingerprint density at radius 2 is 2.00 bits per heavy atom. The molecule has 0 aromatic heterocycles. The molecule has 3 N–H and O–H groups in total. The van der Waals surface area contributed by atoms with E-state index in [2.05, 4.69) is 10.1 Å². The van der Waals surface area contributed by atoms with Crippen LogP contribution in [-0.2, 0) is 4.74 Å². The van der Waals surface area contributed by atoms with E-state index in [1.54, 1.807) is 0 Å². The molecule has 88 valence electrons. The van der Waals surface area contributed by atoms with Gasteiger partial charge in [-0.2, -0.15) is 0 Å². The fraction of sp³-hybridized carbons (Fsp3) is 0.900. The Kier molecular flexibility index (Phi) is 4.84. The van der Waals surface area contributed by atoms with Crippen molar-refractivity contribution in [1.82, 2.24) is 5.32 Å². The van der Waals surface area contributed by atoms with Crippen LogP contribution >= 0.6 is 0 Å². The Balaban J connectivity index is 2.25. The Morgan fingerprint density at radius 3 is 2.53 bits per heavy atom. The first-order valence-electron chi connectivity index (χ1n) is 5.35. The molecular weight excluding hydrogens is 198 g/mol. The van der Waals surface area contributed by atoms with Gasteiger partial charge in [0, 0.05) is 12.0 Å². The van der Waals surface area contributed by atoms with Gasteiger partial charge in [0.2, 0.25) is 0 Å². The molecule has 1 aliphatic carbocycles. The van der Waals surface area contributed by atoms with Gasteiger partial charge < -0.3 is 20.3 Å². The normalized spacial score (nSPS) is 18.8. The van der Waals surface area contributed by atoms with Gasteiger partial charge in [-0.05, 0) is 12.8 Å². The van der Waals surface area contributed by atoms with Crippen LogP contribution in [0.3, 0.4) is 0 Å². The number of alkyl carbamates (subject to hydrolysis) is 1. The SMILES string of the molecule is O=C(NCC1(CO)CCCC1)OCCO. The van der Waals surface area contributed by atoms with Crippen LogP contribution in [0.5, 0.6) is 0 Å². The van der Waals surface area contributed by atoms with Gasteiger partial charge in [-0.15, -0.1) is 0 Å². The number of hydrogen-bond acceptors (Lipinski definition) is 4. The molecule has 0 aromatic carbocycles. The standard InChI is InChI=1S/C10H19NO4/c12-5-6-15-9(14)11-7-10(8-13)3-1-2-4-10/h12-13H,1-8H2,(H,11,14). The van der Waals surface area contributed by atoms with Crippen LogP contribution in [0.4, 0.5) is 4.79 Å². The van der Waals surface area contributed by atoms with Gasteiger partial charge in [0.15, 0.2) is 0 Å². The molecule has 0 spiro atoms. The average Bonchev–Trinajstić information content (AvgIpc) is 2.73. The van der Waals surface area contributed by atoms with Gasteiger partial charge in [-0.3, -0.25) is 0 Å². The first kappa shape index (κ1) is 12.3. The Labute approximate surface area is 89.4 Å². The van der Waals surface area contributed by atoms with Crippen molar-refractivity contribution in [3.05, 3.63) is 0 Å². The third-order valence-corrected chi connectivity index (χ3v) is 2.93. The summed E-state index contributed by atoms with van der Waals surface area (Å²) in [6.07, 6.45) is 3.58. The molecule has 1 fully saturated rings. The van der Waals surface area contributed by atoms with Crippen molar-refractivity contribution in [3.63, 3.8) is 0 Å². The van der Waals surface area contributed by atoms with Crippen LogP contribution in [0, 0.1) is 5.41 Å². The number of carbonyl (C=O) groups is 1. The zero-order valence-corrected chi connectivity index (χ0v) is 8.87. The summed E-state index contributed by atoms with van der Waals surface area (Å²) in [5.74, 6) is 0. The van der Waals surface area contributed by atoms with E-state index in [1.807, 2.05) is 0 Å². The summed E-state index contributed by atoms with van der Waals surface area (Å²) in [6.45, 7) is 0.400. The van der Waals surface area contributed by atoms with Gasteiger partial charge >= 0.3 is 6.09 Å². The molecule has 0 heterocycles. The highest BCUT2D eigenvalue weighted by Gasteiger charge is 2.33. The largest absolute Gasteiger partial charge is 0.447 e. The van der Waals surface area contributed by atoms with E-state index in [1.165, 1.54) is 0 Å². The van der Waals surface area contributed by atoms with Gasteiger partial charge in [0.25, 0.3) is 0 Å². The average molecular weight is 217 g/mol. The molecule has 5 nitrogen and oxygen atoms in total. The fourth-order valence-electron chi connectivity index (χ4n) is 1.96. The topological polar surface area (TPSA) is 78.8 Å². The molecule has 5 heteroatoms. The fourth-order valence-corrected chi connectivity index (χ4v) is 1.96. The third-order valence-electron chi connectivity index (χ3n) is 2.93. The van der Waals surface area contributed by atoms with Crippen LogP contribution in [0.1, 0.15) is 25.7 Å². The van der Waals surface area contributed by atoms with E-state index >= 15 is 0 Å². The molecule has 15 heavy (non-hydrogen) atoms. The zero-order valence-electron chi connectivity index (χ0n) is 8.87. The van der Waals surface area contributed by atoms with Crippen LogP contribution < -0.4 is 5.32 Å². The minimum atomic E-state index is -0.524. The molecule has 1 aliphatic rings. The maximum absolute atomic E-state index is 11.1. The number of aliphatic hydroxyl groups excluding tert-OH is 2. The van der Waals surface area contributed by atoms with E-state index in [-0.39, 0.29) is 25.2 Å². The molecular formula is C10H19NO4. The van der Waals surface area contributed by atoms with E-state index in [0.29, 0.717) is 6.54 Å². The van der Waals surface area contributed by atoms with E-state index < -0.39 is 6.09 Å². The number of ether oxygens (including phenoxy) is 1. The van der Waals surface area contributed by atoms with Crippen molar-refractivity contribution in [2.24, 2.45) is 5.41 Å². The molecule has 0 atom stereocenters. The summed E-state index contributed by atoms with van der Waals surface area (Å²) in [4.78, 5) is 11.1. The first-order chi connectivity index (χ1) is 7.22. The lowest BCUT2D eigenvalue weighted by molar-refractivity contribution is 0.101. The lowest BCUT2D eigenvalue weighted by atomic mass is 9.87. The lowest BCUT2D eigenvalue weighted by Gasteiger charge is -2.26. The lowest BCUT2D eigenvalue weighted by Crippen LogP contribution is -2.38. The number of amides is 1. The highest BCUT2D eigenvalue weighted by atomic mass is 16.6. The van der Waals surface area contributed by atoms with Crippen molar-refractivity contribution < 1.29 is 19.7 Å². The maximum atomic E-state index is 11.1. The first-order valence-corrected chi connectivity index (χ1v) is 5.35. The van der Waals surface area contributed by atoms with Crippen LogP contribution in [0.15, 0.2) is 0 Å². The second-order valence-corrected chi connectivity index (χ2v) is 4.08. The van der Waals surface area contributed by atoms with Crippen molar-refractivity contribution in [2.75, 3.05) is 26.4 Å². The highest BCUT2D eigenvalue weighted by molar-refractivity contribution is 5.67.